The number of ether oxygens (including phenoxy) is 1. The van der Waals surface area contributed by atoms with Crippen LogP contribution in [0.1, 0.15) is 39.8 Å². The number of aromatic nitrogens is 1. The van der Waals surface area contributed by atoms with Crippen LogP contribution in [0.4, 0.5) is 14.9 Å². The van der Waals surface area contributed by atoms with E-state index >= 15 is 0 Å². The zero-order valence-electron chi connectivity index (χ0n) is 18.2. The van der Waals surface area contributed by atoms with E-state index in [0.29, 0.717) is 23.5 Å². The van der Waals surface area contributed by atoms with Crippen LogP contribution in [0.5, 0.6) is 0 Å². The summed E-state index contributed by atoms with van der Waals surface area (Å²) < 4.78 is 18.6. The van der Waals surface area contributed by atoms with Gasteiger partial charge < -0.3 is 19.9 Å². The van der Waals surface area contributed by atoms with Gasteiger partial charge in [0.05, 0.1) is 23.7 Å². The summed E-state index contributed by atoms with van der Waals surface area (Å²) in [7, 11) is 0. The van der Waals surface area contributed by atoms with Crippen LogP contribution in [0.3, 0.4) is 0 Å². The predicted octanol–water partition coefficient (Wildman–Crippen LogP) is 5.84. The first-order valence-corrected chi connectivity index (χ1v) is 10.6. The molecule has 168 valence electrons. The van der Waals surface area contributed by atoms with E-state index in [0.717, 1.165) is 16.8 Å². The van der Waals surface area contributed by atoms with Gasteiger partial charge in [0.15, 0.2) is 0 Å². The Hall–Kier alpha value is -3.32. The quantitative estimate of drug-likeness (QED) is 0.438. The molecule has 0 aliphatic rings. The lowest BCUT2D eigenvalue weighted by Gasteiger charge is -2.23. The molecule has 3 aromatic rings. The number of aromatic amines is 1. The number of rotatable bonds is 7. The van der Waals surface area contributed by atoms with Crippen molar-refractivity contribution in [2.75, 3.05) is 11.9 Å². The van der Waals surface area contributed by atoms with Gasteiger partial charge in [-0.2, -0.15) is 0 Å². The minimum atomic E-state index is -0.560. The molecule has 0 aliphatic carbocycles. The lowest BCUT2D eigenvalue weighted by Crippen LogP contribution is -2.34. The fraction of sp³-hybridized carbons (Fsp3) is 0.250. The molecule has 6 nitrogen and oxygen atoms in total. The molecule has 0 aliphatic heterocycles. The molecule has 0 atom stereocenters. The molecule has 0 fully saturated rings. The number of hydrogen-bond acceptors (Lipinski definition) is 3. The van der Waals surface area contributed by atoms with Crippen molar-refractivity contribution < 1.29 is 18.7 Å². The lowest BCUT2D eigenvalue weighted by molar-refractivity contribution is 0.0525. The van der Waals surface area contributed by atoms with Gasteiger partial charge in [-0.15, -0.1) is 0 Å². The van der Waals surface area contributed by atoms with Crippen LogP contribution in [0.25, 0.3) is 0 Å². The Bertz CT molecular complexity index is 1120. The summed E-state index contributed by atoms with van der Waals surface area (Å²) in [5.41, 5.74) is 3.94. The van der Waals surface area contributed by atoms with E-state index in [1.165, 1.54) is 18.2 Å². The van der Waals surface area contributed by atoms with Crippen molar-refractivity contribution in [1.82, 2.24) is 9.88 Å². The van der Waals surface area contributed by atoms with Gasteiger partial charge in [-0.3, -0.25) is 0 Å². The van der Waals surface area contributed by atoms with Crippen molar-refractivity contribution in [2.45, 2.75) is 33.9 Å². The van der Waals surface area contributed by atoms with E-state index in [1.807, 2.05) is 37.3 Å². The van der Waals surface area contributed by atoms with Gasteiger partial charge in [0.1, 0.15) is 5.82 Å². The first-order chi connectivity index (χ1) is 15.3. The number of nitrogens with one attached hydrogen (secondary N) is 2. The lowest BCUT2D eigenvalue weighted by atomic mass is 10.1. The monoisotopic (exact) mass is 457 g/mol. The van der Waals surface area contributed by atoms with E-state index in [9.17, 15) is 14.0 Å². The Morgan fingerprint density at radius 1 is 1.12 bits per heavy atom. The van der Waals surface area contributed by atoms with Crippen LogP contribution in [-0.2, 0) is 17.8 Å². The number of benzene rings is 2. The van der Waals surface area contributed by atoms with Crippen LogP contribution in [0.2, 0.25) is 5.02 Å². The molecular formula is C24H25ClFN3O3. The largest absolute Gasteiger partial charge is 0.462 e. The molecule has 1 aromatic heterocycles. The van der Waals surface area contributed by atoms with Crippen LogP contribution >= 0.6 is 11.6 Å². The molecule has 0 spiro atoms. The number of hydrogen-bond donors (Lipinski definition) is 2. The minimum Gasteiger partial charge on any atom is -0.462 e. The SMILES string of the molecule is CCOC(=O)c1c(C)[nH]c(CN(Cc2ccccc2)C(=O)Nc2ccc(F)c(Cl)c2)c1C. The number of carbonyl (C=O) groups excluding carboxylic acids is 2. The summed E-state index contributed by atoms with van der Waals surface area (Å²) in [4.78, 5) is 30.3. The van der Waals surface area contributed by atoms with Crippen molar-refractivity contribution in [1.29, 1.82) is 0 Å². The van der Waals surface area contributed by atoms with Gasteiger partial charge in [0.25, 0.3) is 0 Å². The Morgan fingerprint density at radius 2 is 1.84 bits per heavy atom. The van der Waals surface area contributed by atoms with E-state index in [4.69, 9.17) is 16.3 Å². The zero-order chi connectivity index (χ0) is 23.3. The Kier molecular flexibility index (Phi) is 7.53. The van der Waals surface area contributed by atoms with E-state index in [2.05, 4.69) is 10.3 Å². The molecule has 8 heteroatoms. The van der Waals surface area contributed by atoms with Gasteiger partial charge >= 0.3 is 12.0 Å². The fourth-order valence-electron chi connectivity index (χ4n) is 3.45. The van der Waals surface area contributed by atoms with Crippen LogP contribution < -0.4 is 5.32 Å². The van der Waals surface area contributed by atoms with E-state index in [-0.39, 0.29) is 24.2 Å². The third-order valence-electron chi connectivity index (χ3n) is 5.04. The van der Waals surface area contributed by atoms with Crippen molar-refractivity contribution in [3.8, 4) is 0 Å². The van der Waals surface area contributed by atoms with Gasteiger partial charge in [-0.1, -0.05) is 41.9 Å². The maximum Gasteiger partial charge on any atom is 0.340 e. The molecule has 0 saturated heterocycles. The summed E-state index contributed by atoms with van der Waals surface area (Å²) in [6, 6.07) is 13.2. The highest BCUT2D eigenvalue weighted by molar-refractivity contribution is 6.31. The van der Waals surface area contributed by atoms with Crippen molar-refractivity contribution in [3.05, 3.63) is 87.4 Å². The Balaban J connectivity index is 1.88. The van der Waals surface area contributed by atoms with E-state index in [1.54, 1.807) is 18.7 Å². The number of anilines is 1. The summed E-state index contributed by atoms with van der Waals surface area (Å²) in [6.45, 7) is 6.20. The second kappa shape index (κ2) is 10.3. The highest BCUT2D eigenvalue weighted by Gasteiger charge is 2.23. The smallest absolute Gasteiger partial charge is 0.340 e. The maximum atomic E-state index is 13.5. The summed E-state index contributed by atoms with van der Waals surface area (Å²) >= 11 is 5.84. The normalized spacial score (nSPS) is 10.7. The molecule has 1 heterocycles. The molecule has 0 unspecified atom stereocenters. The first kappa shape index (κ1) is 23.3. The number of H-pyrrole nitrogens is 1. The maximum absolute atomic E-state index is 13.5. The Morgan fingerprint density at radius 3 is 2.50 bits per heavy atom. The molecule has 32 heavy (non-hydrogen) atoms. The second-order valence-corrected chi connectivity index (χ2v) is 7.76. The van der Waals surface area contributed by atoms with Gasteiger partial charge in [0.2, 0.25) is 0 Å². The average molecular weight is 458 g/mol. The predicted molar refractivity (Wildman–Crippen MR) is 122 cm³/mol. The van der Waals surface area contributed by atoms with Crippen molar-refractivity contribution in [2.24, 2.45) is 0 Å². The van der Waals surface area contributed by atoms with Crippen molar-refractivity contribution >= 4 is 29.3 Å². The third kappa shape index (κ3) is 5.48. The molecule has 2 N–H and O–H groups in total. The van der Waals surface area contributed by atoms with Gasteiger partial charge in [0, 0.05) is 23.6 Å². The van der Waals surface area contributed by atoms with Crippen molar-refractivity contribution in [3.63, 3.8) is 0 Å². The number of nitrogens with zero attached hydrogens (tertiary/aromatic N) is 1. The Labute approximate surface area is 191 Å². The number of amides is 2. The number of carbonyl (C=O) groups is 2. The molecule has 0 bridgehead atoms. The van der Waals surface area contributed by atoms with E-state index < -0.39 is 11.8 Å². The zero-order valence-corrected chi connectivity index (χ0v) is 18.9. The molecule has 2 aromatic carbocycles. The highest BCUT2D eigenvalue weighted by atomic mass is 35.5. The summed E-state index contributed by atoms with van der Waals surface area (Å²) in [6.07, 6.45) is 0. The number of urea groups is 1. The van der Waals surface area contributed by atoms with Gasteiger partial charge in [-0.05, 0) is 50.1 Å². The topological polar surface area (TPSA) is 74.4 Å². The second-order valence-electron chi connectivity index (χ2n) is 7.35. The average Bonchev–Trinajstić information content (AvgIpc) is 3.04. The van der Waals surface area contributed by atoms with Crippen LogP contribution in [0, 0.1) is 19.7 Å². The fourth-order valence-corrected chi connectivity index (χ4v) is 3.63. The number of esters is 1. The third-order valence-corrected chi connectivity index (χ3v) is 5.33. The molecule has 0 saturated carbocycles. The van der Waals surface area contributed by atoms with Crippen LogP contribution in [0.15, 0.2) is 48.5 Å². The highest BCUT2D eigenvalue weighted by Crippen LogP contribution is 2.23. The standard InChI is InChI=1S/C24H25ClFN3O3/c1-4-32-23(30)22-15(2)21(27-16(22)3)14-29(13-17-8-6-5-7-9-17)24(31)28-18-10-11-20(26)19(25)12-18/h5-12,27H,4,13-14H2,1-3H3,(H,28,31). The molecule has 3 rings (SSSR count). The molecule has 0 radical (unpaired) electrons. The summed E-state index contributed by atoms with van der Waals surface area (Å²) in [5.74, 6) is -0.959. The molecule has 2 amide bonds. The molecular weight excluding hydrogens is 433 g/mol. The number of halogens is 2. The summed E-state index contributed by atoms with van der Waals surface area (Å²) in [5, 5.41) is 2.69. The van der Waals surface area contributed by atoms with Gasteiger partial charge in [-0.25, -0.2) is 14.0 Å². The first-order valence-electron chi connectivity index (χ1n) is 10.2. The minimum absolute atomic E-state index is 0.0766. The number of aryl methyl sites for hydroxylation is 1. The van der Waals surface area contributed by atoms with Crippen LogP contribution in [-0.4, -0.2) is 28.5 Å².